The van der Waals surface area contributed by atoms with Gasteiger partial charge in [0, 0.05) is 41.9 Å². The second kappa shape index (κ2) is 10.2. The fourth-order valence-corrected chi connectivity index (χ4v) is 6.14. The Morgan fingerprint density at radius 3 is 2.54 bits per heavy atom. The number of hydrogen-bond acceptors (Lipinski definition) is 5. The topological polar surface area (TPSA) is 100 Å². The van der Waals surface area contributed by atoms with Crippen LogP contribution in [0.1, 0.15) is 74.5 Å². The smallest absolute Gasteiger partial charge is 0.366 e. The van der Waals surface area contributed by atoms with Crippen molar-refractivity contribution >= 4 is 11.8 Å². The Bertz CT molecular complexity index is 1230. The number of alkyl halides is 3. The van der Waals surface area contributed by atoms with Gasteiger partial charge in [-0.1, -0.05) is 0 Å². The van der Waals surface area contributed by atoms with Crippen LogP contribution in [-0.4, -0.2) is 68.4 Å². The van der Waals surface area contributed by atoms with E-state index in [0.29, 0.717) is 30.8 Å². The lowest BCUT2D eigenvalue weighted by molar-refractivity contribution is -0.287. The summed E-state index contributed by atoms with van der Waals surface area (Å²) in [6, 6.07) is 2.78. The summed E-state index contributed by atoms with van der Waals surface area (Å²) in [7, 11) is 0. The van der Waals surface area contributed by atoms with Gasteiger partial charge in [0.05, 0.1) is 11.9 Å². The molecule has 5 rings (SSSR count). The number of carbonyl (C=O) groups is 2. The molecule has 0 unspecified atom stereocenters. The average Bonchev–Trinajstić information content (AvgIpc) is 3.47. The molecule has 1 aliphatic heterocycles. The third kappa shape index (κ3) is 5.27. The number of nitrogens with one attached hydrogen (secondary N) is 2. The van der Waals surface area contributed by atoms with E-state index in [1.165, 1.54) is 6.07 Å². The van der Waals surface area contributed by atoms with E-state index in [9.17, 15) is 27.2 Å². The lowest BCUT2D eigenvalue weighted by Crippen LogP contribution is -2.55. The highest BCUT2D eigenvalue weighted by molar-refractivity contribution is 5.94. The number of hydrogen-bond donors (Lipinski definition) is 2. The Morgan fingerprint density at radius 2 is 1.90 bits per heavy atom. The Balaban J connectivity index is 1.19. The van der Waals surface area contributed by atoms with Crippen LogP contribution in [0.25, 0.3) is 11.3 Å². The second-order valence-corrected chi connectivity index (χ2v) is 11.1. The molecule has 0 aromatic carbocycles. The molecule has 2 amide bonds. The number of ether oxygens (including phenoxy) is 1. The monoisotopic (exact) mass is 551 g/mol. The van der Waals surface area contributed by atoms with Crippen LogP contribution in [0.3, 0.4) is 0 Å². The zero-order valence-electron chi connectivity index (χ0n) is 22.0. The van der Waals surface area contributed by atoms with Gasteiger partial charge in [-0.25, -0.2) is 4.39 Å². The number of halogens is 4. The molecule has 3 aliphatic rings. The number of piperidine rings is 1. The Kier molecular flexibility index (Phi) is 7.19. The molecular formula is C27H33F4N5O3. The average molecular weight is 552 g/mol. The number of aromatic amines is 1. The third-order valence-corrected chi connectivity index (χ3v) is 8.50. The molecule has 2 aromatic rings. The number of carbonyl (C=O) groups excluding carboxylic acids is 2. The fraction of sp³-hybridized carbons (Fsp3) is 0.630. The van der Waals surface area contributed by atoms with E-state index in [4.69, 9.17) is 4.74 Å². The van der Waals surface area contributed by atoms with Gasteiger partial charge in [0.1, 0.15) is 0 Å². The predicted octanol–water partition coefficient (Wildman–Crippen LogP) is 4.70. The normalized spacial score (nSPS) is 26.5. The van der Waals surface area contributed by atoms with Crippen molar-refractivity contribution in [1.29, 1.82) is 0 Å². The van der Waals surface area contributed by atoms with E-state index in [0.717, 1.165) is 19.0 Å². The summed E-state index contributed by atoms with van der Waals surface area (Å²) in [5.41, 5.74) is -1.09. The maximum atomic E-state index is 14.3. The summed E-state index contributed by atoms with van der Waals surface area (Å²) in [4.78, 5) is 32.2. The molecule has 8 nitrogen and oxygen atoms in total. The standard InChI is InChI=1S/C27H33F4N5O3/c1-3-39-26(27(29,30)31)7-4-18(5-8-26)33-23(37)17-6-11-36(25(14-17)9-10-25)24(38)22-13-21(34-35-22)19-12-16(2)32-15-20(19)28/h12-13,15,17-18H,3-11,14H2,1-2H3,(H,33,37)(H,34,35)/t17-,18-,26-/m0/s1. The summed E-state index contributed by atoms with van der Waals surface area (Å²) in [6.45, 7) is 3.65. The molecule has 12 heteroatoms. The molecule has 2 aromatic heterocycles. The molecule has 39 heavy (non-hydrogen) atoms. The van der Waals surface area contributed by atoms with E-state index in [1.54, 1.807) is 24.8 Å². The maximum absolute atomic E-state index is 14.3. The van der Waals surface area contributed by atoms with Crippen molar-refractivity contribution in [2.45, 2.75) is 88.6 Å². The third-order valence-electron chi connectivity index (χ3n) is 8.50. The van der Waals surface area contributed by atoms with E-state index < -0.39 is 23.1 Å². The first-order chi connectivity index (χ1) is 18.5. The lowest BCUT2D eigenvalue weighted by atomic mass is 9.80. The van der Waals surface area contributed by atoms with Gasteiger partial charge in [0.15, 0.2) is 17.1 Å². The number of pyridine rings is 1. The van der Waals surface area contributed by atoms with Crippen molar-refractivity contribution < 1.29 is 31.9 Å². The minimum atomic E-state index is -4.45. The van der Waals surface area contributed by atoms with Crippen molar-refractivity contribution in [3.8, 4) is 11.3 Å². The summed E-state index contributed by atoms with van der Waals surface area (Å²) in [6.07, 6.45) is -0.794. The molecule has 3 fully saturated rings. The van der Waals surface area contributed by atoms with Gasteiger partial charge >= 0.3 is 6.18 Å². The summed E-state index contributed by atoms with van der Waals surface area (Å²) < 4.78 is 60.3. The molecule has 1 spiro atoms. The molecule has 0 radical (unpaired) electrons. The minimum Gasteiger partial charge on any atom is -0.366 e. The lowest BCUT2D eigenvalue weighted by Gasteiger charge is -2.42. The highest BCUT2D eigenvalue weighted by Crippen LogP contribution is 2.51. The highest BCUT2D eigenvalue weighted by atomic mass is 19.4. The van der Waals surface area contributed by atoms with Crippen LogP contribution in [0.4, 0.5) is 17.6 Å². The summed E-state index contributed by atoms with van der Waals surface area (Å²) in [5.74, 6) is -1.28. The number of aromatic nitrogens is 3. The molecule has 2 N–H and O–H groups in total. The Labute approximate surface area is 223 Å². The summed E-state index contributed by atoms with van der Waals surface area (Å²) >= 11 is 0. The number of nitrogens with zero attached hydrogens (tertiary/aromatic N) is 3. The van der Waals surface area contributed by atoms with E-state index in [-0.39, 0.29) is 67.3 Å². The van der Waals surface area contributed by atoms with Gasteiger partial charge < -0.3 is 15.0 Å². The van der Waals surface area contributed by atoms with Gasteiger partial charge in [0.25, 0.3) is 5.91 Å². The van der Waals surface area contributed by atoms with Gasteiger partial charge in [0.2, 0.25) is 5.91 Å². The van der Waals surface area contributed by atoms with Gasteiger partial charge in [-0.2, -0.15) is 18.3 Å². The number of aryl methyl sites for hydroxylation is 1. The van der Waals surface area contributed by atoms with Crippen LogP contribution >= 0.6 is 0 Å². The first kappa shape index (κ1) is 27.5. The Morgan fingerprint density at radius 1 is 1.18 bits per heavy atom. The molecular weight excluding hydrogens is 518 g/mol. The largest absolute Gasteiger partial charge is 0.417 e. The van der Waals surface area contributed by atoms with Crippen LogP contribution in [0.15, 0.2) is 18.3 Å². The van der Waals surface area contributed by atoms with Gasteiger partial charge in [-0.15, -0.1) is 0 Å². The first-order valence-corrected chi connectivity index (χ1v) is 13.5. The number of rotatable bonds is 6. The van der Waals surface area contributed by atoms with Crippen LogP contribution in [0.2, 0.25) is 0 Å². The predicted molar refractivity (Wildman–Crippen MR) is 133 cm³/mol. The zero-order chi connectivity index (χ0) is 28.0. The van der Waals surface area contributed by atoms with Crippen molar-refractivity contribution in [2.24, 2.45) is 5.92 Å². The van der Waals surface area contributed by atoms with Crippen LogP contribution in [0.5, 0.6) is 0 Å². The molecule has 1 saturated heterocycles. The van der Waals surface area contributed by atoms with Crippen molar-refractivity contribution in [3.63, 3.8) is 0 Å². The number of amides is 2. The van der Waals surface area contributed by atoms with Gasteiger partial charge in [-0.05, 0) is 77.3 Å². The highest BCUT2D eigenvalue weighted by Gasteiger charge is 2.57. The quantitative estimate of drug-likeness (QED) is 0.507. The first-order valence-electron chi connectivity index (χ1n) is 13.5. The molecule has 3 heterocycles. The molecule has 1 atom stereocenters. The van der Waals surface area contributed by atoms with Crippen molar-refractivity contribution in [2.75, 3.05) is 13.2 Å². The van der Waals surface area contributed by atoms with Crippen LogP contribution < -0.4 is 5.32 Å². The SMILES string of the molecule is CCO[C@]1(C(F)(F)F)CC[C@@H](NC(=O)[C@H]2CCN(C(=O)c3cc(-c4cc(C)ncc4F)[nH]n3)C3(CC3)C2)CC1. The molecule has 2 saturated carbocycles. The Hall–Kier alpha value is -3.02. The van der Waals surface area contributed by atoms with E-state index in [1.807, 2.05) is 0 Å². The van der Waals surface area contributed by atoms with Crippen LogP contribution in [0, 0.1) is 18.7 Å². The van der Waals surface area contributed by atoms with Crippen molar-refractivity contribution in [1.82, 2.24) is 25.4 Å². The van der Waals surface area contributed by atoms with Crippen molar-refractivity contribution in [3.05, 3.63) is 35.5 Å². The summed E-state index contributed by atoms with van der Waals surface area (Å²) in [5, 5.41) is 9.85. The van der Waals surface area contributed by atoms with Crippen LogP contribution in [-0.2, 0) is 9.53 Å². The number of likely N-dealkylation sites (tertiary alicyclic amines) is 1. The minimum absolute atomic E-state index is 0.0181. The number of H-pyrrole nitrogens is 1. The molecule has 2 aliphatic carbocycles. The maximum Gasteiger partial charge on any atom is 0.417 e. The van der Waals surface area contributed by atoms with E-state index >= 15 is 0 Å². The zero-order valence-corrected chi connectivity index (χ0v) is 22.0. The molecule has 212 valence electrons. The fourth-order valence-electron chi connectivity index (χ4n) is 6.14. The van der Waals surface area contributed by atoms with E-state index in [2.05, 4.69) is 20.5 Å². The second-order valence-electron chi connectivity index (χ2n) is 11.1. The molecule has 0 bridgehead atoms. The van der Waals surface area contributed by atoms with Gasteiger partial charge in [-0.3, -0.25) is 19.7 Å².